The van der Waals surface area contributed by atoms with E-state index in [1.54, 1.807) is 0 Å². The molecule has 0 aliphatic carbocycles. The normalized spacial score (nSPS) is 26.7. The molecule has 1 aromatic carbocycles. The number of β-amino-alcohol motifs (C(OH)–C–C–N with tert-alkyl or cyclic N) is 1. The zero-order valence-corrected chi connectivity index (χ0v) is 14.3. The van der Waals surface area contributed by atoms with Crippen LogP contribution in [0.15, 0.2) is 24.3 Å². The van der Waals surface area contributed by atoms with Crippen molar-refractivity contribution >= 4 is 11.6 Å². The number of rotatable bonds is 7. The fraction of sp³-hybridized carbons (Fsp3) is 0.667. The van der Waals surface area contributed by atoms with Crippen LogP contribution in [0.25, 0.3) is 0 Å². The molecule has 1 N–H and O–H groups in total. The predicted octanol–water partition coefficient (Wildman–Crippen LogP) is 3.03. The highest BCUT2D eigenvalue weighted by atomic mass is 35.5. The number of aliphatic hydroxyl groups is 1. The number of aliphatic hydroxyl groups excluding tert-OH is 1. The summed E-state index contributed by atoms with van der Waals surface area (Å²) in [7, 11) is 0. The van der Waals surface area contributed by atoms with Gasteiger partial charge < -0.3 is 14.6 Å². The van der Waals surface area contributed by atoms with Crippen LogP contribution in [0.4, 0.5) is 0 Å². The van der Waals surface area contributed by atoms with Gasteiger partial charge in [0, 0.05) is 24.2 Å². The van der Waals surface area contributed by atoms with E-state index >= 15 is 0 Å². The molecule has 0 radical (unpaired) electrons. The summed E-state index contributed by atoms with van der Waals surface area (Å²) in [6.07, 6.45) is 4.15. The quantitative estimate of drug-likeness (QED) is 0.829. The first-order chi connectivity index (χ1) is 11.2. The molecule has 3 atom stereocenters. The Kier molecular flexibility index (Phi) is 6.31. The van der Waals surface area contributed by atoms with Crippen molar-refractivity contribution in [2.75, 3.05) is 32.9 Å². The second-order valence-electron chi connectivity index (χ2n) is 6.50. The average Bonchev–Trinajstić information content (AvgIpc) is 3.20. The van der Waals surface area contributed by atoms with Gasteiger partial charge in [0.15, 0.2) is 0 Å². The molecule has 0 aromatic heterocycles. The molecule has 0 bridgehead atoms. The molecule has 0 spiro atoms. The summed E-state index contributed by atoms with van der Waals surface area (Å²) < 4.78 is 11.2. The lowest BCUT2D eigenvalue weighted by Gasteiger charge is -2.27. The number of likely N-dealkylation sites (tertiary alicyclic amines) is 1. The van der Waals surface area contributed by atoms with Crippen molar-refractivity contribution < 1.29 is 14.6 Å². The first-order valence-corrected chi connectivity index (χ1v) is 8.97. The molecular weight excluding hydrogens is 314 g/mol. The molecule has 5 heteroatoms. The zero-order valence-electron chi connectivity index (χ0n) is 13.5. The fourth-order valence-electron chi connectivity index (χ4n) is 3.58. The second kappa shape index (κ2) is 8.45. The predicted molar refractivity (Wildman–Crippen MR) is 90.8 cm³/mol. The molecule has 3 unspecified atom stereocenters. The lowest BCUT2D eigenvalue weighted by Crippen LogP contribution is -2.35. The van der Waals surface area contributed by atoms with E-state index in [0.717, 1.165) is 43.9 Å². The number of benzene rings is 1. The monoisotopic (exact) mass is 339 g/mol. The molecule has 2 saturated heterocycles. The minimum Gasteiger partial charge on any atom is -0.389 e. The van der Waals surface area contributed by atoms with Crippen LogP contribution in [0.5, 0.6) is 0 Å². The first kappa shape index (κ1) is 17.2. The Labute approximate surface area is 143 Å². The smallest absolute Gasteiger partial charge is 0.0900 e. The standard InChI is InChI=1S/C18H26ClNO3/c19-17-7-2-1-6-16(17)18-8-3-9-20(18)11-14(21)12-22-13-15-5-4-10-23-15/h1-2,6-7,14-15,18,21H,3-5,8-13H2. The van der Waals surface area contributed by atoms with Crippen LogP contribution >= 0.6 is 11.6 Å². The third-order valence-electron chi connectivity index (χ3n) is 4.71. The molecule has 23 heavy (non-hydrogen) atoms. The zero-order chi connectivity index (χ0) is 16.1. The molecule has 3 rings (SSSR count). The lowest BCUT2D eigenvalue weighted by molar-refractivity contribution is -0.0261. The van der Waals surface area contributed by atoms with Crippen molar-refractivity contribution in [1.29, 1.82) is 0 Å². The molecule has 4 nitrogen and oxygen atoms in total. The SMILES string of the molecule is OC(COCC1CCCO1)CN1CCCC1c1ccccc1Cl. The maximum absolute atomic E-state index is 10.3. The minimum absolute atomic E-state index is 0.213. The van der Waals surface area contributed by atoms with Crippen LogP contribution in [-0.4, -0.2) is 55.1 Å². The maximum Gasteiger partial charge on any atom is 0.0900 e. The van der Waals surface area contributed by atoms with Gasteiger partial charge in [0.05, 0.1) is 25.4 Å². The summed E-state index contributed by atoms with van der Waals surface area (Å²) >= 11 is 6.33. The van der Waals surface area contributed by atoms with Crippen molar-refractivity contribution in [3.8, 4) is 0 Å². The highest BCUT2D eigenvalue weighted by Gasteiger charge is 2.29. The van der Waals surface area contributed by atoms with Gasteiger partial charge in [0.2, 0.25) is 0 Å². The minimum atomic E-state index is -0.473. The third kappa shape index (κ3) is 4.68. The molecule has 0 saturated carbocycles. The van der Waals surface area contributed by atoms with Gasteiger partial charge in [-0.05, 0) is 43.9 Å². The molecule has 2 aliphatic rings. The van der Waals surface area contributed by atoms with Crippen LogP contribution in [0.3, 0.4) is 0 Å². The van der Waals surface area contributed by atoms with Crippen LogP contribution in [0, 0.1) is 0 Å². The fourth-order valence-corrected chi connectivity index (χ4v) is 3.84. The van der Waals surface area contributed by atoms with Crippen LogP contribution < -0.4 is 0 Å². The Morgan fingerprint density at radius 3 is 2.96 bits per heavy atom. The molecule has 1 aromatic rings. The number of ether oxygens (including phenoxy) is 2. The number of hydrogen-bond donors (Lipinski definition) is 1. The van der Waals surface area contributed by atoms with E-state index < -0.39 is 6.10 Å². The summed E-state index contributed by atoms with van der Waals surface area (Å²) in [5.74, 6) is 0. The summed E-state index contributed by atoms with van der Waals surface area (Å²) in [5, 5.41) is 11.1. The number of halogens is 1. The van der Waals surface area contributed by atoms with Crippen LogP contribution in [-0.2, 0) is 9.47 Å². The second-order valence-corrected chi connectivity index (χ2v) is 6.91. The first-order valence-electron chi connectivity index (χ1n) is 8.60. The highest BCUT2D eigenvalue weighted by Crippen LogP contribution is 2.35. The largest absolute Gasteiger partial charge is 0.389 e. The Morgan fingerprint density at radius 1 is 1.30 bits per heavy atom. The Morgan fingerprint density at radius 2 is 2.17 bits per heavy atom. The topological polar surface area (TPSA) is 41.9 Å². The van der Waals surface area contributed by atoms with Crippen molar-refractivity contribution in [2.24, 2.45) is 0 Å². The molecule has 2 fully saturated rings. The van der Waals surface area contributed by atoms with Crippen molar-refractivity contribution in [3.63, 3.8) is 0 Å². The third-order valence-corrected chi connectivity index (χ3v) is 5.06. The maximum atomic E-state index is 10.3. The van der Waals surface area contributed by atoms with Gasteiger partial charge in [-0.3, -0.25) is 4.90 Å². The summed E-state index contributed by atoms with van der Waals surface area (Å²) in [6, 6.07) is 8.31. The molecule has 2 aliphatic heterocycles. The van der Waals surface area contributed by atoms with Crippen molar-refractivity contribution in [2.45, 2.75) is 43.9 Å². The number of hydrogen-bond acceptors (Lipinski definition) is 4. The van der Waals surface area contributed by atoms with Gasteiger partial charge in [-0.15, -0.1) is 0 Å². The molecule has 128 valence electrons. The van der Waals surface area contributed by atoms with Gasteiger partial charge in [0.25, 0.3) is 0 Å². The summed E-state index contributed by atoms with van der Waals surface area (Å²) in [5.41, 5.74) is 1.17. The van der Waals surface area contributed by atoms with E-state index in [9.17, 15) is 5.11 Å². The summed E-state index contributed by atoms with van der Waals surface area (Å²) in [6.45, 7) is 3.42. The van der Waals surface area contributed by atoms with E-state index in [2.05, 4.69) is 11.0 Å². The van der Waals surface area contributed by atoms with Gasteiger partial charge >= 0.3 is 0 Å². The average molecular weight is 340 g/mol. The molecule has 0 amide bonds. The van der Waals surface area contributed by atoms with E-state index in [1.807, 2.05) is 18.2 Å². The lowest BCUT2D eigenvalue weighted by atomic mass is 10.0. The molecule has 2 heterocycles. The number of nitrogens with zero attached hydrogens (tertiary/aromatic N) is 1. The Hall–Kier alpha value is -0.650. The van der Waals surface area contributed by atoms with Crippen LogP contribution in [0.2, 0.25) is 5.02 Å². The van der Waals surface area contributed by atoms with E-state index in [0.29, 0.717) is 25.8 Å². The van der Waals surface area contributed by atoms with Crippen molar-refractivity contribution in [3.05, 3.63) is 34.9 Å². The van der Waals surface area contributed by atoms with Gasteiger partial charge in [0.1, 0.15) is 0 Å². The molecular formula is C18H26ClNO3. The Balaban J connectivity index is 1.47. The van der Waals surface area contributed by atoms with Gasteiger partial charge in [-0.2, -0.15) is 0 Å². The van der Waals surface area contributed by atoms with Crippen LogP contribution in [0.1, 0.15) is 37.3 Å². The van der Waals surface area contributed by atoms with Gasteiger partial charge in [-0.1, -0.05) is 29.8 Å². The summed E-state index contributed by atoms with van der Waals surface area (Å²) in [4.78, 5) is 2.32. The van der Waals surface area contributed by atoms with E-state index in [-0.39, 0.29) is 6.10 Å². The van der Waals surface area contributed by atoms with E-state index in [4.69, 9.17) is 21.1 Å². The van der Waals surface area contributed by atoms with Crippen molar-refractivity contribution in [1.82, 2.24) is 4.90 Å². The van der Waals surface area contributed by atoms with Gasteiger partial charge in [-0.25, -0.2) is 0 Å². The highest BCUT2D eigenvalue weighted by molar-refractivity contribution is 6.31. The van der Waals surface area contributed by atoms with E-state index in [1.165, 1.54) is 5.56 Å². The Bertz CT molecular complexity index is 493.